The van der Waals surface area contributed by atoms with Crippen molar-refractivity contribution in [2.24, 2.45) is 5.73 Å². The van der Waals surface area contributed by atoms with Gasteiger partial charge in [0.05, 0.1) is 11.7 Å². The van der Waals surface area contributed by atoms with Crippen LogP contribution in [-0.2, 0) is 4.79 Å². The number of hydrogen-bond donors (Lipinski definition) is 1. The number of rotatable bonds is 2. The van der Waals surface area contributed by atoms with Gasteiger partial charge >= 0.3 is 0 Å². The van der Waals surface area contributed by atoms with Gasteiger partial charge in [0.15, 0.2) is 0 Å². The Morgan fingerprint density at radius 2 is 2.19 bits per heavy atom. The van der Waals surface area contributed by atoms with Gasteiger partial charge in [-0.2, -0.15) is 0 Å². The lowest BCUT2D eigenvalue weighted by molar-refractivity contribution is -0.118. The minimum absolute atomic E-state index is 0.247. The minimum Gasteiger partial charge on any atom is -0.320 e. The molecule has 21 heavy (non-hydrogen) atoms. The number of aromatic nitrogens is 1. The van der Waals surface area contributed by atoms with E-state index in [0.717, 1.165) is 0 Å². The van der Waals surface area contributed by atoms with Gasteiger partial charge in [0.25, 0.3) is 0 Å². The molecule has 0 unspecified atom stereocenters. The first-order valence-corrected chi connectivity index (χ1v) is 6.93. The molecule has 1 amide bonds. The molecule has 0 saturated carbocycles. The SMILES string of the molecule is N[C@H]1CCN(c2ccc(-c3cccnc3Cl)cc2F)C1=O. The largest absolute Gasteiger partial charge is 0.320 e. The average Bonchev–Trinajstić information content (AvgIpc) is 2.80. The van der Waals surface area contributed by atoms with E-state index in [-0.39, 0.29) is 11.6 Å². The van der Waals surface area contributed by atoms with Crippen molar-refractivity contribution in [2.45, 2.75) is 12.5 Å². The predicted octanol–water partition coefficient (Wildman–Crippen LogP) is 2.61. The number of nitrogens with two attached hydrogens (primary N) is 1. The van der Waals surface area contributed by atoms with Crippen molar-refractivity contribution in [3.63, 3.8) is 0 Å². The summed E-state index contributed by atoms with van der Waals surface area (Å²) < 4.78 is 14.3. The summed E-state index contributed by atoms with van der Waals surface area (Å²) in [5.74, 6) is -0.726. The van der Waals surface area contributed by atoms with E-state index in [2.05, 4.69) is 4.98 Å². The molecule has 1 aliphatic heterocycles. The van der Waals surface area contributed by atoms with Crippen LogP contribution in [0.3, 0.4) is 0 Å². The summed E-state index contributed by atoms with van der Waals surface area (Å²) in [4.78, 5) is 17.2. The normalized spacial score (nSPS) is 18.3. The van der Waals surface area contributed by atoms with Crippen molar-refractivity contribution in [3.05, 3.63) is 47.5 Å². The highest BCUT2D eigenvalue weighted by atomic mass is 35.5. The Labute approximate surface area is 126 Å². The number of hydrogen-bond acceptors (Lipinski definition) is 3. The molecule has 0 aliphatic carbocycles. The maximum absolute atomic E-state index is 14.3. The first kappa shape index (κ1) is 14.0. The molecule has 1 aromatic heterocycles. The quantitative estimate of drug-likeness (QED) is 0.868. The number of benzene rings is 1. The summed E-state index contributed by atoms with van der Waals surface area (Å²) in [7, 11) is 0. The van der Waals surface area contributed by atoms with Crippen molar-refractivity contribution < 1.29 is 9.18 Å². The second-order valence-electron chi connectivity index (χ2n) is 4.89. The molecule has 2 N–H and O–H groups in total. The van der Waals surface area contributed by atoms with E-state index in [4.69, 9.17) is 17.3 Å². The first-order chi connectivity index (χ1) is 10.1. The van der Waals surface area contributed by atoms with Crippen LogP contribution in [0.25, 0.3) is 11.1 Å². The zero-order valence-corrected chi connectivity index (χ0v) is 11.8. The number of anilines is 1. The van der Waals surface area contributed by atoms with E-state index in [1.807, 2.05) is 0 Å². The highest BCUT2D eigenvalue weighted by Gasteiger charge is 2.31. The highest BCUT2D eigenvalue weighted by molar-refractivity contribution is 6.32. The summed E-state index contributed by atoms with van der Waals surface area (Å²) in [6.07, 6.45) is 2.11. The van der Waals surface area contributed by atoms with E-state index >= 15 is 0 Å². The minimum atomic E-state index is -0.545. The number of halogens is 2. The van der Waals surface area contributed by atoms with Crippen LogP contribution in [0.5, 0.6) is 0 Å². The Morgan fingerprint density at radius 1 is 1.38 bits per heavy atom. The van der Waals surface area contributed by atoms with Gasteiger partial charge in [-0.3, -0.25) is 4.79 Å². The van der Waals surface area contributed by atoms with Crippen molar-refractivity contribution in [1.82, 2.24) is 4.98 Å². The van der Waals surface area contributed by atoms with Gasteiger partial charge in [-0.1, -0.05) is 17.7 Å². The molecule has 4 nitrogen and oxygen atoms in total. The van der Waals surface area contributed by atoms with Gasteiger partial charge in [-0.05, 0) is 36.2 Å². The molecule has 1 aliphatic rings. The Kier molecular flexibility index (Phi) is 3.61. The second kappa shape index (κ2) is 5.42. The molecule has 1 fully saturated rings. The fourth-order valence-electron chi connectivity index (χ4n) is 2.44. The van der Waals surface area contributed by atoms with Crippen molar-refractivity contribution in [3.8, 4) is 11.1 Å². The molecular formula is C15H13ClFN3O. The zero-order valence-electron chi connectivity index (χ0n) is 11.1. The van der Waals surface area contributed by atoms with Crippen LogP contribution < -0.4 is 10.6 Å². The number of pyridine rings is 1. The molecule has 1 atom stereocenters. The number of amides is 1. The van der Waals surface area contributed by atoms with Crippen LogP contribution in [0.2, 0.25) is 5.15 Å². The lowest BCUT2D eigenvalue weighted by atomic mass is 10.1. The maximum atomic E-state index is 14.3. The first-order valence-electron chi connectivity index (χ1n) is 6.55. The van der Waals surface area contributed by atoms with E-state index in [1.165, 1.54) is 11.0 Å². The predicted molar refractivity (Wildman–Crippen MR) is 79.6 cm³/mol. The van der Waals surface area contributed by atoms with Gasteiger partial charge in [0, 0.05) is 18.3 Å². The van der Waals surface area contributed by atoms with E-state index < -0.39 is 11.9 Å². The van der Waals surface area contributed by atoms with Crippen molar-refractivity contribution >= 4 is 23.2 Å². The van der Waals surface area contributed by atoms with Crippen LogP contribution in [0, 0.1) is 5.82 Å². The van der Waals surface area contributed by atoms with Crippen molar-refractivity contribution in [1.29, 1.82) is 0 Å². The third kappa shape index (κ3) is 2.50. The fraction of sp³-hybridized carbons (Fsp3) is 0.200. The molecular weight excluding hydrogens is 293 g/mol. The third-order valence-electron chi connectivity index (χ3n) is 3.56. The third-order valence-corrected chi connectivity index (χ3v) is 3.86. The number of carbonyl (C=O) groups is 1. The van der Waals surface area contributed by atoms with E-state index in [0.29, 0.717) is 29.2 Å². The van der Waals surface area contributed by atoms with Gasteiger partial charge < -0.3 is 10.6 Å². The fourth-order valence-corrected chi connectivity index (χ4v) is 2.66. The topological polar surface area (TPSA) is 59.2 Å². The standard InChI is InChI=1S/C15H13ClFN3O/c16-14-10(2-1-6-19-14)9-3-4-13(11(17)8-9)20-7-5-12(18)15(20)21/h1-4,6,8,12H,5,7,18H2/t12-/m0/s1. The van der Waals surface area contributed by atoms with Gasteiger partial charge in [-0.15, -0.1) is 0 Å². The van der Waals surface area contributed by atoms with E-state index in [9.17, 15) is 9.18 Å². The Bertz CT molecular complexity index is 707. The molecule has 6 heteroatoms. The molecule has 2 aromatic rings. The average molecular weight is 306 g/mol. The van der Waals surface area contributed by atoms with Gasteiger partial charge in [-0.25, -0.2) is 9.37 Å². The monoisotopic (exact) mass is 305 g/mol. The smallest absolute Gasteiger partial charge is 0.244 e. The summed E-state index contributed by atoms with van der Waals surface area (Å²) in [5, 5.41) is 0.309. The van der Waals surface area contributed by atoms with Crippen LogP contribution >= 0.6 is 11.6 Å². The highest BCUT2D eigenvalue weighted by Crippen LogP contribution is 2.31. The summed E-state index contributed by atoms with van der Waals surface area (Å²) in [6, 6.07) is 7.60. The van der Waals surface area contributed by atoms with Crippen LogP contribution in [0.1, 0.15) is 6.42 Å². The lowest BCUT2D eigenvalue weighted by Gasteiger charge is -2.17. The second-order valence-corrected chi connectivity index (χ2v) is 5.25. The molecule has 108 valence electrons. The summed E-state index contributed by atoms with van der Waals surface area (Å²) >= 11 is 6.01. The molecule has 3 rings (SSSR count). The molecule has 0 spiro atoms. The molecule has 1 saturated heterocycles. The van der Waals surface area contributed by atoms with Crippen molar-refractivity contribution in [2.75, 3.05) is 11.4 Å². The summed E-state index contributed by atoms with van der Waals surface area (Å²) in [5.41, 5.74) is 7.17. The molecule has 1 aromatic carbocycles. The van der Waals surface area contributed by atoms with Crippen LogP contribution in [0.4, 0.5) is 10.1 Å². The van der Waals surface area contributed by atoms with Crippen LogP contribution in [0.15, 0.2) is 36.5 Å². The molecule has 2 heterocycles. The van der Waals surface area contributed by atoms with Gasteiger partial charge in [0.1, 0.15) is 11.0 Å². The Hall–Kier alpha value is -1.98. The Morgan fingerprint density at radius 3 is 2.81 bits per heavy atom. The summed E-state index contributed by atoms with van der Waals surface area (Å²) in [6.45, 7) is 0.434. The Balaban J connectivity index is 1.98. The van der Waals surface area contributed by atoms with Crippen LogP contribution in [-0.4, -0.2) is 23.5 Å². The molecule has 0 bridgehead atoms. The van der Waals surface area contributed by atoms with Gasteiger partial charge in [0.2, 0.25) is 5.91 Å². The van der Waals surface area contributed by atoms with E-state index in [1.54, 1.807) is 30.5 Å². The maximum Gasteiger partial charge on any atom is 0.244 e. The zero-order chi connectivity index (χ0) is 15.0. The number of nitrogens with zero attached hydrogens (tertiary/aromatic N) is 2. The number of carbonyl (C=O) groups excluding carboxylic acids is 1. The molecule has 0 radical (unpaired) electrons. The lowest BCUT2D eigenvalue weighted by Crippen LogP contribution is -2.34.